The minimum Gasteiger partial charge on any atom is -0.476 e. The molecule has 1 aliphatic rings. The lowest BCUT2D eigenvalue weighted by Gasteiger charge is -2.06. The molecule has 2 aromatic rings. The van der Waals surface area contributed by atoms with Gasteiger partial charge in [-0.2, -0.15) is 4.98 Å². The third-order valence-electron chi connectivity index (χ3n) is 3.27. The van der Waals surface area contributed by atoms with Crippen molar-refractivity contribution < 1.29 is 14.1 Å². The van der Waals surface area contributed by atoms with Gasteiger partial charge in [-0.3, -0.25) is 4.79 Å². The van der Waals surface area contributed by atoms with Crippen LogP contribution in [0.4, 0.5) is 0 Å². The smallest absolute Gasteiger partial charge is 0.259 e. The Hall–Kier alpha value is -2.15. The van der Waals surface area contributed by atoms with Gasteiger partial charge in [-0.05, 0) is 24.8 Å². The molecule has 1 fully saturated rings. The number of pyridine rings is 1. The normalized spacial score (nSPS) is 13.9. The predicted molar refractivity (Wildman–Crippen MR) is 78.5 cm³/mol. The first-order valence-electron chi connectivity index (χ1n) is 6.97. The lowest BCUT2D eigenvalue weighted by atomic mass is 10.3. The molecule has 1 saturated carbocycles. The van der Waals surface area contributed by atoms with Crippen LogP contribution >= 0.6 is 11.6 Å². The van der Waals surface area contributed by atoms with Crippen molar-refractivity contribution >= 4 is 17.5 Å². The number of aromatic nitrogens is 3. The fraction of sp³-hybridized carbons (Fsp3) is 0.429. The van der Waals surface area contributed by atoms with E-state index in [1.165, 1.54) is 12.8 Å². The Bertz CT molecular complexity index is 684. The highest BCUT2D eigenvalue weighted by atomic mass is 35.5. The van der Waals surface area contributed by atoms with E-state index in [-0.39, 0.29) is 18.2 Å². The Kier molecular flexibility index (Phi) is 4.24. The Labute approximate surface area is 132 Å². The van der Waals surface area contributed by atoms with Gasteiger partial charge in [0, 0.05) is 13.2 Å². The van der Waals surface area contributed by atoms with Crippen molar-refractivity contribution in [2.75, 3.05) is 13.7 Å². The van der Waals surface area contributed by atoms with Crippen LogP contribution in [-0.4, -0.2) is 34.7 Å². The number of ether oxygens (including phenoxy) is 1. The Morgan fingerprint density at radius 2 is 2.36 bits per heavy atom. The minimum absolute atomic E-state index is 0.0593. The van der Waals surface area contributed by atoms with Gasteiger partial charge < -0.3 is 14.6 Å². The second-order valence-electron chi connectivity index (χ2n) is 5.13. The van der Waals surface area contributed by atoms with Crippen LogP contribution in [0.2, 0.25) is 5.02 Å². The van der Waals surface area contributed by atoms with Gasteiger partial charge in [0.15, 0.2) is 5.82 Å². The average Bonchev–Trinajstić information content (AvgIpc) is 3.23. The summed E-state index contributed by atoms with van der Waals surface area (Å²) in [6.45, 7) is 0.642. The summed E-state index contributed by atoms with van der Waals surface area (Å²) in [5.74, 6) is 1.41. The molecule has 1 N–H and O–H groups in total. The van der Waals surface area contributed by atoms with Crippen molar-refractivity contribution in [2.45, 2.75) is 19.3 Å². The molecule has 0 saturated heterocycles. The summed E-state index contributed by atoms with van der Waals surface area (Å²) in [5.41, 5.74) is 0.583. The Morgan fingerprint density at radius 3 is 3.05 bits per heavy atom. The van der Waals surface area contributed by atoms with Gasteiger partial charge in [0.1, 0.15) is 5.02 Å². The summed E-state index contributed by atoms with van der Waals surface area (Å²) in [6.07, 6.45) is 4.02. The van der Waals surface area contributed by atoms with Crippen LogP contribution in [0.3, 0.4) is 0 Å². The van der Waals surface area contributed by atoms with Crippen LogP contribution in [0.25, 0.3) is 11.5 Å². The van der Waals surface area contributed by atoms with E-state index in [0.717, 1.165) is 0 Å². The van der Waals surface area contributed by atoms with Crippen molar-refractivity contribution in [1.82, 2.24) is 20.4 Å². The number of carbonyl (C=O) groups excluding carboxylic acids is 1. The maximum atomic E-state index is 11.3. The van der Waals surface area contributed by atoms with Crippen LogP contribution in [0.5, 0.6) is 5.88 Å². The van der Waals surface area contributed by atoms with E-state index in [0.29, 0.717) is 34.8 Å². The summed E-state index contributed by atoms with van der Waals surface area (Å²) in [4.78, 5) is 19.6. The maximum Gasteiger partial charge on any atom is 0.259 e. The number of nitrogens with zero attached hydrogens (tertiary/aromatic N) is 3. The van der Waals surface area contributed by atoms with Crippen molar-refractivity contribution in [1.29, 1.82) is 0 Å². The van der Waals surface area contributed by atoms with Gasteiger partial charge in [-0.25, -0.2) is 4.98 Å². The number of likely N-dealkylation sites (N-methyl/N-ethyl adjacent to an activating group) is 1. The molecule has 1 aliphatic carbocycles. The lowest BCUT2D eigenvalue weighted by molar-refractivity contribution is -0.120. The van der Waals surface area contributed by atoms with E-state index >= 15 is 0 Å². The zero-order valence-corrected chi connectivity index (χ0v) is 12.8. The molecular formula is C14H15ClN4O3. The SMILES string of the molecule is CNC(=O)Cc1noc(-c2cnc(OCC3CC3)c(Cl)c2)n1. The van der Waals surface area contributed by atoms with Crippen molar-refractivity contribution in [3.05, 3.63) is 23.1 Å². The molecule has 22 heavy (non-hydrogen) atoms. The first-order valence-corrected chi connectivity index (χ1v) is 7.35. The number of rotatable bonds is 6. The molecule has 8 heteroatoms. The van der Waals surface area contributed by atoms with Crippen molar-refractivity contribution in [3.63, 3.8) is 0 Å². The monoisotopic (exact) mass is 322 g/mol. The van der Waals surface area contributed by atoms with E-state index in [4.69, 9.17) is 20.9 Å². The highest BCUT2D eigenvalue weighted by molar-refractivity contribution is 6.32. The molecule has 0 aromatic carbocycles. The Morgan fingerprint density at radius 1 is 1.55 bits per heavy atom. The highest BCUT2D eigenvalue weighted by Gasteiger charge is 2.23. The van der Waals surface area contributed by atoms with Crippen molar-refractivity contribution in [2.24, 2.45) is 5.92 Å². The molecule has 3 rings (SSSR count). The second-order valence-corrected chi connectivity index (χ2v) is 5.54. The third kappa shape index (κ3) is 3.54. The molecule has 0 bridgehead atoms. The maximum absolute atomic E-state index is 11.3. The van der Waals surface area contributed by atoms with Gasteiger partial charge in [-0.1, -0.05) is 16.8 Å². The molecule has 0 atom stereocenters. The highest BCUT2D eigenvalue weighted by Crippen LogP contribution is 2.32. The third-order valence-corrected chi connectivity index (χ3v) is 3.54. The van der Waals surface area contributed by atoms with E-state index < -0.39 is 0 Å². The molecular weight excluding hydrogens is 308 g/mol. The summed E-state index contributed by atoms with van der Waals surface area (Å²) in [6, 6.07) is 1.66. The zero-order valence-electron chi connectivity index (χ0n) is 12.0. The number of nitrogens with one attached hydrogen (secondary N) is 1. The number of hydrogen-bond acceptors (Lipinski definition) is 6. The number of halogens is 1. The first-order chi connectivity index (χ1) is 10.7. The first kappa shape index (κ1) is 14.8. The molecule has 116 valence electrons. The molecule has 1 amide bonds. The molecule has 0 aliphatic heterocycles. The predicted octanol–water partition coefficient (Wildman–Crippen LogP) is 1.86. The summed E-state index contributed by atoms with van der Waals surface area (Å²) < 4.78 is 10.7. The topological polar surface area (TPSA) is 90.1 Å². The van der Waals surface area contributed by atoms with E-state index in [2.05, 4.69) is 20.4 Å². The largest absolute Gasteiger partial charge is 0.476 e. The van der Waals surface area contributed by atoms with Crippen LogP contribution in [-0.2, 0) is 11.2 Å². The quantitative estimate of drug-likeness (QED) is 0.873. The standard InChI is InChI=1S/C14H15ClN4O3/c1-16-12(20)5-11-18-13(22-19-11)9-4-10(15)14(17-6-9)21-7-8-2-3-8/h4,6,8H,2-3,5,7H2,1H3,(H,16,20). The summed E-state index contributed by atoms with van der Waals surface area (Å²) in [5, 5.41) is 6.64. The van der Waals surface area contributed by atoms with E-state index in [1.807, 2.05) is 0 Å². The van der Waals surface area contributed by atoms with E-state index in [9.17, 15) is 4.79 Å². The average molecular weight is 323 g/mol. The molecule has 0 unspecified atom stereocenters. The number of hydrogen-bond donors (Lipinski definition) is 1. The van der Waals surface area contributed by atoms with Crippen molar-refractivity contribution in [3.8, 4) is 17.3 Å². The Balaban J connectivity index is 1.71. The summed E-state index contributed by atoms with van der Waals surface area (Å²) >= 11 is 6.16. The molecule has 7 nitrogen and oxygen atoms in total. The molecule has 0 spiro atoms. The lowest BCUT2D eigenvalue weighted by Crippen LogP contribution is -2.20. The van der Waals surface area contributed by atoms with Crippen LogP contribution in [0.1, 0.15) is 18.7 Å². The van der Waals surface area contributed by atoms with Crippen LogP contribution in [0, 0.1) is 5.92 Å². The van der Waals surface area contributed by atoms with Gasteiger partial charge in [0.05, 0.1) is 18.6 Å². The van der Waals surface area contributed by atoms with Gasteiger partial charge >= 0.3 is 0 Å². The number of amides is 1. The van der Waals surface area contributed by atoms with Gasteiger partial charge in [0.2, 0.25) is 11.8 Å². The van der Waals surface area contributed by atoms with E-state index in [1.54, 1.807) is 19.3 Å². The number of carbonyl (C=O) groups is 1. The fourth-order valence-corrected chi connectivity index (χ4v) is 2.03. The van der Waals surface area contributed by atoms with Gasteiger partial charge in [0.25, 0.3) is 5.89 Å². The summed E-state index contributed by atoms with van der Waals surface area (Å²) in [7, 11) is 1.55. The zero-order chi connectivity index (χ0) is 15.5. The molecule has 2 aromatic heterocycles. The van der Waals surface area contributed by atoms with Crippen LogP contribution < -0.4 is 10.1 Å². The minimum atomic E-state index is -0.188. The fourth-order valence-electron chi connectivity index (χ4n) is 1.80. The molecule has 2 heterocycles. The van der Waals surface area contributed by atoms with Gasteiger partial charge in [-0.15, -0.1) is 0 Å². The second kappa shape index (κ2) is 6.31. The van der Waals surface area contributed by atoms with Crippen LogP contribution in [0.15, 0.2) is 16.8 Å². The molecule has 0 radical (unpaired) electrons.